The molecule has 0 saturated heterocycles. The largest absolute Gasteiger partial charge is 0.179 e. The number of fused-ring (bicyclic) bond motifs is 3. The Morgan fingerprint density at radius 3 is 2.32 bits per heavy atom. The predicted molar refractivity (Wildman–Crippen MR) is 129 cm³/mol. The first-order chi connectivity index (χ1) is 11.9. The maximum atomic E-state index is 3.30. The molecule has 28 heavy (non-hydrogen) atoms. The van der Waals surface area contributed by atoms with Gasteiger partial charge < -0.3 is 14.9 Å². The average molecular weight is 467 g/mol. The maximum absolute atomic E-state index is 3.30. The molecular weight excluding hydrogens is 435 g/mol. The Labute approximate surface area is 199 Å². The molecule has 2 aliphatic carbocycles. The summed E-state index contributed by atoms with van der Waals surface area (Å²) in [5, 5.41) is 0. The molecule has 0 N–H and O–H groups in total. The van der Waals surface area contributed by atoms with Gasteiger partial charge in [0.15, 0.2) is 0 Å². The third-order valence-electron chi connectivity index (χ3n) is 4.18. The number of benzene rings is 2. The van der Waals surface area contributed by atoms with Gasteiger partial charge in [-0.15, -0.1) is 36.8 Å². The summed E-state index contributed by atoms with van der Waals surface area (Å²) in [6.45, 7) is 2.22. The van der Waals surface area contributed by atoms with Crippen molar-refractivity contribution in [2.24, 2.45) is 0 Å². The van der Waals surface area contributed by atoms with Crippen LogP contribution in [0.1, 0.15) is 43.7 Å². The van der Waals surface area contributed by atoms with Crippen LogP contribution in [0.25, 0.3) is 11.1 Å². The second kappa shape index (κ2) is 18.5. The van der Waals surface area contributed by atoms with Crippen molar-refractivity contribution in [1.82, 2.24) is 0 Å². The van der Waals surface area contributed by atoms with E-state index in [-0.39, 0.29) is 39.7 Å². The molecule has 0 saturated carbocycles. The molecule has 0 amide bonds. The Bertz CT molecular complexity index is 683. The molecule has 0 aliphatic heterocycles. The van der Waals surface area contributed by atoms with Crippen molar-refractivity contribution >= 4 is 32.4 Å². The molecule has 154 valence electrons. The van der Waals surface area contributed by atoms with Crippen LogP contribution in [0, 0.1) is 27.0 Å². The normalized spacial score (nSPS) is 11.1. The van der Waals surface area contributed by atoms with Crippen LogP contribution in [-0.2, 0) is 25.6 Å². The van der Waals surface area contributed by atoms with Gasteiger partial charge in [-0.3, -0.25) is 6.08 Å². The fraction of sp³-hybridized carbons (Fsp3) is 0.250. The molecule has 4 rings (SSSR count). The van der Waals surface area contributed by atoms with Crippen LogP contribution >= 0.6 is 24.8 Å². The Morgan fingerprint density at radius 1 is 1.00 bits per heavy atom. The van der Waals surface area contributed by atoms with E-state index in [0.717, 1.165) is 12.8 Å². The Balaban J connectivity index is -0.000000378. The number of hydrogen-bond donors (Lipinski definition) is 0. The summed E-state index contributed by atoms with van der Waals surface area (Å²) >= 11 is 2.03. The number of unbranched alkanes of at least 4 members (excludes halogenated alkanes) is 1. The molecule has 0 unspecified atom stereocenters. The summed E-state index contributed by atoms with van der Waals surface area (Å²) in [7, 11) is 1.86. The zero-order chi connectivity index (χ0) is 17.2. The number of rotatable bonds is 3. The SMILES string of the molecule is CCCCC1=[C-]CC=C1.Cl.Cl.[CH3-].[CH3-].[SiH2]=[Ti].[c-]1cccc2c1Cc1ccccc1-2. The van der Waals surface area contributed by atoms with Crippen LogP contribution in [0.2, 0.25) is 0 Å². The smallest absolute Gasteiger partial charge is 0.0253 e. The Hall–Kier alpha value is -0.569. The molecule has 0 atom stereocenters. The van der Waals surface area contributed by atoms with E-state index in [2.05, 4.69) is 67.6 Å². The van der Waals surface area contributed by atoms with Gasteiger partial charge in [0, 0.05) is 0 Å². The monoisotopic (exact) mass is 466 g/mol. The van der Waals surface area contributed by atoms with Crippen molar-refractivity contribution in [3.63, 3.8) is 0 Å². The minimum Gasteiger partial charge on any atom is -0.179 e. The Kier molecular flexibility index (Phi) is 21.2. The first-order valence-electron chi connectivity index (χ1n) is 8.58. The van der Waals surface area contributed by atoms with Gasteiger partial charge in [0.25, 0.3) is 0 Å². The first kappa shape index (κ1) is 32.1. The van der Waals surface area contributed by atoms with Gasteiger partial charge in [-0.25, -0.2) is 11.6 Å². The van der Waals surface area contributed by atoms with Crippen molar-refractivity contribution in [2.75, 3.05) is 0 Å². The molecular formula is C24H32Cl2SiTi-4. The summed E-state index contributed by atoms with van der Waals surface area (Å²) in [5.41, 5.74) is 6.92. The number of hydrogen-bond acceptors (Lipinski definition) is 0. The van der Waals surface area contributed by atoms with Gasteiger partial charge >= 0.3 is 26.8 Å². The fourth-order valence-corrected chi connectivity index (χ4v) is 2.99. The van der Waals surface area contributed by atoms with Crippen LogP contribution < -0.4 is 0 Å². The molecule has 0 radical (unpaired) electrons. The van der Waals surface area contributed by atoms with E-state index in [1.807, 2.05) is 32.9 Å². The van der Waals surface area contributed by atoms with E-state index in [9.17, 15) is 0 Å². The second-order valence-corrected chi connectivity index (χ2v) is 5.81. The molecule has 2 aromatic rings. The van der Waals surface area contributed by atoms with Gasteiger partial charge in [-0.1, -0.05) is 61.6 Å². The zero-order valence-electron chi connectivity index (χ0n) is 17.3. The van der Waals surface area contributed by atoms with Gasteiger partial charge in [-0.2, -0.15) is 35.9 Å². The molecule has 2 aromatic carbocycles. The number of halogens is 2. The van der Waals surface area contributed by atoms with Gasteiger partial charge in [0.1, 0.15) is 0 Å². The molecule has 0 aromatic heterocycles. The van der Waals surface area contributed by atoms with E-state index >= 15 is 0 Å². The molecule has 4 heteroatoms. The fourth-order valence-electron chi connectivity index (χ4n) is 2.99. The zero-order valence-corrected chi connectivity index (χ0v) is 21.9. The van der Waals surface area contributed by atoms with Gasteiger partial charge in [-0.05, 0) is 6.42 Å². The van der Waals surface area contributed by atoms with E-state index in [0.29, 0.717) is 0 Å². The minimum absolute atomic E-state index is 0. The third-order valence-corrected chi connectivity index (χ3v) is 4.18. The topological polar surface area (TPSA) is 0 Å². The van der Waals surface area contributed by atoms with E-state index in [1.165, 1.54) is 47.1 Å². The quantitative estimate of drug-likeness (QED) is 0.295. The summed E-state index contributed by atoms with van der Waals surface area (Å²) < 4.78 is 0. The van der Waals surface area contributed by atoms with Crippen LogP contribution in [0.4, 0.5) is 0 Å². The van der Waals surface area contributed by atoms with Crippen molar-refractivity contribution < 1.29 is 19.2 Å². The molecule has 0 bridgehead atoms. The predicted octanol–water partition coefficient (Wildman–Crippen LogP) is 6.75. The van der Waals surface area contributed by atoms with Crippen LogP contribution in [-0.4, -0.2) is 7.63 Å². The van der Waals surface area contributed by atoms with E-state index < -0.39 is 0 Å². The molecule has 0 heterocycles. The average Bonchev–Trinajstić information content (AvgIpc) is 3.29. The van der Waals surface area contributed by atoms with Crippen molar-refractivity contribution in [1.29, 1.82) is 0 Å². The van der Waals surface area contributed by atoms with Gasteiger partial charge in [0.2, 0.25) is 0 Å². The van der Waals surface area contributed by atoms with Gasteiger partial charge in [0.05, 0.1) is 0 Å². The Morgan fingerprint density at radius 2 is 1.68 bits per heavy atom. The summed E-state index contributed by atoms with van der Waals surface area (Å²) in [4.78, 5) is 0. The molecule has 0 nitrogen and oxygen atoms in total. The molecule has 2 aliphatic rings. The molecule has 0 fully saturated rings. The summed E-state index contributed by atoms with van der Waals surface area (Å²) in [6.07, 6.45) is 13.6. The van der Waals surface area contributed by atoms with Crippen molar-refractivity contribution in [3.8, 4) is 11.1 Å². The molecule has 0 spiro atoms. The first-order valence-corrected chi connectivity index (χ1v) is 12.6. The van der Waals surface area contributed by atoms with Crippen LogP contribution in [0.5, 0.6) is 0 Å². The second-order valence-electron chi connectivity index (χ2n) is 5.81. The third kappa shape index (κ3) is 9.29. The minimum atomic E-state index is 0. The van der Waals surface area contributed by atoms with Crippen LogP contribution in [0.15, 0.2) is 60.2 Å². The maximum Gasteiger partial charge on any atom is -0.0253 e. The van der Waals surface area contributed by atoms with Crippen LogP contribution in [0.3, 0.4) is 0 Å². The van der Waals surface area contributed by atoms with Crippen molar-refractivity contribution in [3.05, 3.63) is 98.3 Å². The standard InChI is InChI=1S/C13H9.C9H13.2CH3.2ClH.H2Si.Ti/c1-3-7-12-10(5-1)9-11-6-2-4-8-13(11)12;1-2-3-6-9-7-4-5-8-9;;;;;;/h1-5,7-8H,9H2;4,7H,2-3,5-6H2,1H3;2*1H3;2*1H;1H2;/q4*-1;;;;. The van der Waals surface area contributed by atoms with Crippen molar-refractivity contribution in [2.45, 2.75) is 39.0 Å². The van der Waals surface area contributed by atoms with E-state index in [1.54, 1.807) is 0 Å². The summed E-state index contributed by atoms with van der Waals surface area (Å²) in [5.74, 6) is 0. The summed E-state index contributed by atoms with van der Waals surface area (Å²) in [6, 6.07) is 18.1. The number of allylic oxidation sites excluding steroid dienone is 4. The van der Waals surface area contributed by atoms with E-state index in [4.69, 9.17) is 0 Å².